The highest BCUT2D eigenvalue weighted by Gasteiger charge is 2.28. The number of Topliss-reactive ketones (excluding diaryl/α,β-unsaturated/α-hetero) is 1. The van der Waals surface area contributed by atoms with E-state index in [2.05, 4.69) is 0 Å². The second-order valence-electron chi connectivity index (χ2n) is 5.26. The number of fused-ring (bicyclic) bond motifs is 1. The van der Waals surface area contributed by atoms with Gasteiger partial charge in [-0.15, -0.1) is 0 Å². The molecule has 118 valence electrons. The molecular weight excluding hydrogens is 296 g/mol. The Bertz CT molecular complexity index is 766. The van der Waals surface area contributed by atoms with E-state index in [0.29, 0.717) is 22.8 Å². The molecule has 0 bridgehead atoms. The number of rotatable bonds is 3. The fraction of sp³-hybridized carbons (Fsp3) is 0.222. The normalized spacial score (nSPS) is 16.3. The highest BCUT2D eigenvalue weighted by atomic mass is 16.5. The molecule has 23 heavy (non-hydrogen) atoms. The van der Waals surface area contributed by atoms with Crippen molar-refractivity contribution in [1.82, 2.24) is 0 Å². The minimum absolute atomic E-state index is 0.0109. The molecular formula is C18H16O5. The van der Waals surface area contributed by atoms with Crippen LogP contribution in [-0.4, -0.2) is 18.9 Å². The van der Waals surface area contributed by atoms with E-state index in [1.54, 1.807) is 43.5 Å². The van der Waals surface area contributed by atoms with E-state index in [1.807, 2.05) is 6.07 Å². The first-order chi connectivity index (χ1) is 11.1. The average molecular weight is 312 g/mol. The van der Waals surface area contributed by atoms with E-state index in [9.17, 15) is 9.59 Å². The van der Waals surface area contributed by atoms with Crippen LogP contribution in [0.15, 0.2) is 42.5 Å². The molecule has 0 N–H and O–H groups in total. The van der Waals surface area contributed by atoms with Gasteiger partial charge in [-0.1, -0.05) is 12.1 Å². The second-order valence-corrected chi connectivity index (χ2v) is 5.26. The summed E-state index contributed by atoms with van der Waals surface area (Å²) in [6.45, 7) is 1.34. The number of ether oxygens (including phenoxy) is 3. The van der Waals surface area contributed by atoms with Crippen LogP contribution >= 0.6 is 0 Å². The summed E-state index contributed by atoms with van der Waals surface area (Å²) >= 11 is 0. The second kappa shape index (κ2) is 6.12. The van der Waals surface area contributed by atoms with E-state index in [4.69, 9.17) is 14.2 Å². The quantitative estimate of drug-likeness (QED) is 0.642. The van der Waals surface area contributed by atoms with Crippen molar-refractivity contribution in [2.24, 2.45) is 0 Å². The fourth-order valence-corrected chi connectivity index (χ4v) is 2.56. The molecule has 2 aromatic carbocycles. The molecule has 0 spiro atoms. The number of esters is 1. The third-order valence-corrected chi connectivity index (χ3v) is 3.62. The lowest BCUT2D eigenvalue weighted by Gasteiger charge is -2.26. The predicted molar refractivity (Wildman–Crippen MR) is 83.1 cm³/mol. The number of benzene rings is 2. The molecule has 1 atom stereocenters. The molecule has 0 aromatic heterocycles. The van der Waals surface area contributed by atoms with Crippen molar-refractivity contribution in [3.63, 3.8) is 0 Å². The van der Waals surface area contributed by atoms with Gasteiger partial charge in [-0.25, -0.2) is 0 Å². The molecule has 0 fully saturated rings. The number of carbonyl (C=O) groups excluding carboxylic acids is 2. The molecule has 0 saturated carbocycles. The number of carbonyl (C=O) groups is 2. The lowest BCUT2D eigenvalue weighted by molar-refractivity contribution is -0.131. The van der Waals surface area contributed by atoms with Crippen LogP contribution in [0.5, 0.6) is 17.2 Å². The molecule has 5 heteroatoms. The lowest BCUT2D eigenvalue weighted by Crippen LogP contribution is -2.20. The van der Waals surface area contributed by atoms with Crippen LogP contribution in [0.2, 0.25) is 0 Å². The Hall–Kier alpha value is -2.82. The summed E-state index contributed by atoms with van der Waals surface area (Å²) in [4.78, 5) is 23.4. The van der Waals surface area contributed by atoms with Crippen LogP contribution in [0, 0.1) is 0 Å². The molecule has 0 amide bonds. The molecule has 1 heterocycles. The zero-order valence-corrected chi connectivity index (χ0v) is 12.9. The fourth-order valence-electron chi connectivity index (χ4n) is 2.56. The summed E-state index contributed by atoms with van der Waals surface area (Å²) in [5, 5.41) is 0. The van der Waals surface area contributed by atoms with Gasteiger partial charge in [-0.3, -0.25) is 9.59 Å². The van der Waals surface area contributed by atoms with Gasteiger partial charge in [-0.05, 0) is 29.8 Å². The smallest absolute Gasteiger partial charge is 0.308 e. The maximum Gasteiger partial charge on any atom is 0.308 e. The molecule has 2 aromatic rings. The van der Waals surface area contributed by atoms with Gasteiger partial charge in [-0.2, -0.15) is 0 Å². The SMILES string of the molecule is COc1ccc2c(c1)OC(c1cccc(OC(C)=O)c1)CC2=O. The third kappa shape index (κ3) is 3.18. The van der Waals surface area contributed by atoms with Crippen molar-refractivity contribution < 1.29 is 23.8 Å². The lowest BCUT2D eigenvalue weighted by atomic mass is 9.96. The molecule has 1 aliphatic heterocycles. The highest BCUT2D eigenvalue weighted by molar-refractivity contribution is 6.00. The van der Waals surface area contributed by atoms with Gasteiger partial charge in [0.2, 0.25) is 0 Å². The highest BCUT2D eigenvalue weighted by Crippen LogP contribution is 2.37. The van der Waals surface area contributed by atoms with Gasteiger partial charge < -0.3 is 14.2 Å². The van der Waals surface area contributed by atoms with Crippen molar-refractivity contribution in [2.45, 2.75) is 19.4 Å². The van der Waals surface area contributed by atoms with Crippen molar-refractivity contribution in [2.75, 3.05) is 7.11 Å². The van der Waals surface area contributed by atoms with Crippen LogP contribution in [0.1, 0.15) is 35.4 Å². The Morgan fingerprint density at radius 1 is 1.17 bits per heavy atom. The van der Waals surface area contributed by atoms with Crippen LogP contribution in [0.4, 0.5) is 0 Å². The zero-order valence-electron chi connectivity index (χ0n) is 12.9. The summed E-state index contributed by atoms with van der Waals surface area (Å²) in [5.74, 6) is 1.19. The molecule has 3 rings (SSSR count). The summed E-state index contributed by atoms with van der Waals surface area (Å²) in [6, 6.07) is 12.2. The monoisotopic (exact) mass is 312 g/mol. The minimum atomic E-state index is -0.419. The van der Waals surface area contributed by atoms with Crippen LogP contribution in [0.25, 0.3) is 0 Å². The topological polar surface area (TPSA) is 61.8 Å². The first-order valence-electron chi connectivity index (χ1n) is 7.23. The molecule has 0 aliphatic carbocycles. The summed E-state index contributed by atoms with van der Waals surface area (Å²) in [6.07, 6.45) is -0.180. The third-order valence-electron chi connectivity index (χ3n) is 3.62. The van der Waals surface area contributed by atoms with Crippen LogP contribution in [-0.2, 0) is 4.79 Å². The largest absolute Gasteiger partial charge is 0.497 e. The molecule has 1 aliphatic rings. The van der Waals surface area contributed by atoms with E-state index in [0.717, 1.165) is 5.56 Å². The molecule has 0 radical (unpaired) electrons. The molecule has 1 unspecified atom stereocenters. The van der Waals surface area contributed by atoms with Crippen molar-refractivity contribution >= 4 is 11.8 Å². The predicted octanol–water partition coefficient (Wildman–Crippen LogP) is 3.33. The maximum absolute atomic E-state index is 12.3. The van der Waals surface area contributed by atoms with Crippen molar-refractivity contribution in [3.8, 4) is 17.2 Å². The molecule has 5 nitrogen and oxygen atoms in total. The average Bonchev–Trinajstić information content (AvgIpc) is 2.53. The first kappa shape index (κ1) is 15.1. The maximum atomic E-state index is 12.3. The Morgan fingerprint density at radius 3 is 2.74 bits per heavy atom. The summed E-state index contributed by atoms with van der Waals surface area (Å²) in [7, 11) is 1.56. The number of hydrogen-bond acceptors (Lipinski definition) is 5. The Kier molecular flexibility index (Phi) is 4.02. The summed E-state index contributed by atoms with van der Waals surface area (Å²) in [5.41, 5.74) is 1.34. The standard InChI is InChI=1S/C18H16O5/c1-11(19)22-14-5-3-4-12(8-14)17-10-16(20)15-7-6-13(21-2)9-18(15)23-17/h3-9,17H,10H2,1-2H3. The Balaban J connectivity index is 1.90. The van der Waals surface area contributed by atoms with E-state index >= 15 is 0 Å². The Labute approximate surface area is 133 Å². The van der Waals surface area contributed by atoms with Gasteiger partial charge >= 0.3 is 5.97 Å². The Morgan fingerprint density at radius 2 is 2.00 bits per heavy atom. The van der Waals surface area contributed by atoms with Gasteiger partial charge in [0.05, 0.1) is 19.1 Å². The van der Waals surface area contributed by atoms with E-state index in [1.165, 1.54) is 6.92 Å². The van der Waals surface area contributed by atoms with Crippen molar-refractivity contribution in [1.29, 1.82) is 0 Å². The van der Waals surface area contributed by atoms with Gasteiger partial charge in [0.25, 0.3) is 0 Å². The van der Waals surface area contributed by atoms with Gasteiger partial charge in [0, 0.05) is 13.0 Å². The summed E-state index contributed by atoms with van der Waals surface area (Å²) < 4.78 is 16.2. The number of methoxy groups -OCH3 is 1. The van der Waals surface area contributed by atoms with Crippen molar-refractivity contribution in [3.05, 3.63) is 53.6 Å². The number of ketones is 1. The first-order valence-corrected chi connectivity index (χ1v) is 7.23. The zero-order chi connectivity index (χ0) is 16.4. The van der Waals surface area contributed by atoms with E-state index < -0.39 is 12.1 Å². The molecule has 0 saturated heterocycles. The van der Waals surface area contributed by atoms with Crippen LogP contribution in [0.3, 0.4) is 0 Å². The van der Waals surface area contributed by atoms with Gasteiger partial charge in [0.15, 0.2) is 5.78 Å². The van der Waals surface area contributed by atoms with E-state index in [-0.39, 0.29) is 12.2 Å². The minimum Gasteiger partial charge on any atom is -0.497 e. The number of hydrogen-bond donors (Lipinski definition) is 0. The van der Waals surface area contributed by atoms with Crippen LogP contribution < -0.4 is 14.2 Å². The van der Waals surface area contributed by atoms with Gasteiger partial charge in [0.1, 0.15) is 23.4 Å².